The normalized spacial score (nSPS) is 11.1. The topological polar surface area (TPSA) is 78.5 Å². The zero-order valence-corrected chi connectivity index (χ0v) is 10.6. The van der Waals surface area contributed by atoms with Crippen LogP contribution in [0.2, 0.25) is 0 Å². The molecular weight excluding hydrogens is 244 g/mol. The van der Waals surface area contributed by atoms with Gasteiger partial charge in [0.25, 0.3) is 0 Å². The van der Waals surface area contributed by atoms with Crippen molar-refractivity contribution in [3.05, 3.63) is 35.8 Å². The molecule has 0 aliphatic heterocycles. The Morgan fingerprint density at radius 2 is 2.00 bits per heavy atom. The number of fused-ring (bicyclic) bond motifs is 1. The Morgan fingerprint density at radius 3 is 2.74 bits per heavy atom. The number of rotatable bonds is 3. The highest BCUT2D eigenvalue weighted by Gasteiger charge is 2.17. The van der Waals surface area contributed by atoms with Gasteiger partial charge in [-0.15, -0.1) is 10.2 Å². The van der Waals surface area contributed by atoms with E-state index in [9.17, 15) is 4.79 Å². The lowest BCUT2D eigenvalue weighted by molar-refractivity contribution is 0.0986. The second-order valence-corrected chi connectivity index (χ2v) is 4.28. The van der Waals surface area contributed by atoms with Crippen LogP contribution in [0.25, 0.3) is 10.9 Å². The van der Waals surface area contributed by atoms with Crippen molar-refractivity contribution in [1.29, 1.82) is 0 Å². The van der Waals surface area contributed by atoms with Crippen LogP contribution in [0.3, 0.4) is 0 Å². The van der Waals surface area contributed by atoms with E-state index in [1.165, 1.54) is 4.80 Å². The Kier molecular flexibility index (Phi) is 2.59. The Morgan fingerprint density at radius 1 is 1.21 bits per heavy atom. The van der Waals surface area contributed by atoms with Gasteiger partial charge >= 0.3 is 0 Å². The van der Waals surface area contributed by atoms with Crippen molar-refractivity contribution in [2.45, 2.75) is 6.42 Å². The summed E-state index contributed by atoms with van der Waals surface area (Å²) in [6, 6.07) is 7.63. The van der Waals surface area contributed by atoms with Crippen molar-refractivity contribution in [2.75, 3.05) is 0 Å². The number of hydrogen-bond donors (Lipinski definition) is 0. The molecule has 0 aliphatic rings. The third kappa shape index (κ3) is 1.99. The number of tetrazole rings is 1. The van der Waals surface area contributed by atoms with Crippen LogP contribution in [0.4, 0.5) is 0 Å². The number of aryl methyl sites for hydroxylation is 2. The smallest absolute Gasteiger partial charge is 0.191 e. The molecule has 0 N–H and O–H groups in total. The van der Waals surface area contributed by atoms with Gasteiger partial charge in [-0.25, -0.2) is 0 Å². The number of Topliss-reactive ketones (excluding diaryl/α,β-unsaturated/α-hetero) is 1. The molecule has 0 aliphatic carbocycles. The van der Waals surface area contributed by atoms with Crippen LogP contribution in [-0.2, 0) is 20.5 Å². The van der Waals surface area contributed by atoms with E-state index in [-0.39, 0.29) is 12.2 Å². The molecule has 0 bridgehead atoms. The first-order valence-corrected chi connectivity index (χ1v) is 5.83. The van der Waals surface area contributed by atoms with Gasteiger partial charge in [0.05, 0.1) is 19.0 Å². The van der Waals surface area contributed by atoms with E-state index in [2.05, 4.69) is 20.5 Å². The van der Waals surface area contributed by atoms with Gasteiger partial charge in [-0.3, -0.25) is 9.48 Å². The Balaban J connectivity index is 1.98. The van der Waals surface area contributed by atoms with Crippen molar-refractivity contribution in [2.24, 2.45) is 14.1 Å². The third-order valence-corrected chi connectivity index (χ3v) is 2.89. The molecule has 0 saturated heterocycles. The summed E-state index contributed by atoms with van der Waals surface area (Å²) < 4.78 is 1.70. The number of benzene rings is 1. The summed E-state index contributed by atoms with van der Waals surface area (Å²) in [4.78, 5) is 13.6. The lowest BCUT2D eigenvalue weighted by Gasteiger charge is -1.93. The zero-order valence-electron chi connectivity index (χ0n) is 10.6. The van der Waals surface area contributed by atoms with E-state index in [0.717, 1.165) is 10.9 Å². The lowest BCUT2D eigenvalue weighted by atomic mass is 10.1. The Labute approximate surface area is 108 Å². The molecule has 0 atom stereocenters. The number of carbonyl (C=O) groups is 1. The maximum absolute atomic E-state index is 12.3. The highest BCUT2D eigenvalue weighted by Crippen LogP contribution is 2.18. The van der Waals surface area contributed by atoms with Crippen LogP contribution in [0.1, 0.15) is 16.3 Å². The standard InChI is InChI=1S/C12H12N6O/c1-17-9-6-4-3-5-8(9)12(15-17)10(19)7-11-13-16-18(2)14-11/h3-6H,7H2,1-2H3. The van der Waals surface area contributed by atoms with Gasteiger partial charge in [0.1, 0.15) is 5.69 Å². The van der Waals surface area contributed by atoms with Crippen LogP contribution >= 0.6 is 0 Å². The first kappa shape index (κ1) is 11.5. The zero-order chi connectivity index (χ0) is 13.4. The first-order valence-electron chi connectivity index (χ1n) is 5.83. The molecular formula is C12H12N6O. The monoisotopic (exact) mass is 256 g/mol. The van der Waals surface area contributed by atoms with Crippen LogP contribution in [0, 0.1) is 0 Å². The van der Waals surface area contributed by atoms with Gasteiger partial charge in [0.15, 0.2) is 11.6 Å². The van der Waals surface area contributed by atoms with Crippen LogP contribution in [0.5, 0.6) is 0 Å². The van der Waals surface area contributed by atoms with E-state index in [4.69, 9.17) is 0 Å². The van der Waals surface area contributed by atoms with Crippen molar-refractivity contribution in [3.63, 3.8) is 0 Å². The first-order chi connectivity index (χ1) is 9.15. The SMILES string of the molecule is Cn1nnc(CC(=O)c2nn(C)c3ccccc23)n1. The maximum atomic E-state index is 12.3. The number of hydrogen-bond acceptors (Lipinski definition) is 5. The molecule has 96 valence electrons. The summed E-state index contributed by atoms with van der Waals surface area (Å²) in [6.45, 7) is 0. The minimum absolute atomic E-state index is 0.106. The fourth-order valence-electron chi connectivity index (χ4n) is 2.04. The van der Waals surface area contributed by atoms with E-state index in [0.29, 0.717) is 11.5 Å². The summed E-state index contributed by atoms with van der Waals surface area (Å²) in [5.41, 5.74) is 1.38. The summed E-state index contributed by atoms with van der Waals surface area (Å²) >= 11 is 0. The average molecular weight is 256 g/mol. The molecule has 0 unspecified atom stereocenters. The van der Waals surface area contributed by atoms with Gasteiger partial charge in [-0.2, -0.15) is 9.90 Å². The summed E-state index contributed by atoms with van der Waals surface area (Å²) in [5.74, 6) is 0.298. The maximum Gasteiger partial charge on any atom is 0.191 e. The van der Waals surface area contributed by atoms with Crippen LogP contribution in [0.15, 0.2) is 24.3 Å². The molecule has 2 heterocycles. The predicted octanol–water partition coefficient (Wildman–Crippen LogP) is 0.522. The number of ketones is 1. The van der Waals surface area contributed by atoms with Crippen molar-refractivity contribution < 1.29 is 4.79 Å². The molecule has 7 heteroatoms. The minimum atomic E-state index is -0.107. The number of para-hydroxylation sites is 1. The second kappa shape index (κ2) is 4.27. The summed E-state index contributed by atoms with van der Waals surface area (Å²) in [5, 5.41) is 16.6. The van der Waals surface area contributed by atoms with Gasteiger partial charge in [-0.1, -0.05) is 18.2 Å². The Hall–Kier alpha value is -2.57. The summed E-state index contributed by atoms with van der Waals surface area (Å²) in [6.07, 6.45) is 0.106. The van der Waals surface area contributed by atoms with Gasteiger partial charge < -0.3 is 0 Å². The van der Waals surface area contributed by atoms with Gasteiger partial charge in [0, 0.05) is 12.4 Å². The molecule has 0 saturated carbocycles. The fourth-order valence-corrected chi connectivity index (χ4v) is 2.04. The van der Waals surface area contributed by atoms with Gasteiger partial charge in [-0.05, 0) is 11.3 Å². The molecule has 3 aromatic rings. The molecule has 1 aromatic carbocycles. The highest BCUT2D eigenvalue weighted by atomic mass is 16.1. The average Bonchev–Trinajstić information content (AvgIpc) is 2.95. The van der Waals surface area contributed by atoms with Crippen molar-refractivity contribution >= 4 is 16.7 Å². The number of aromatic nitrogens is 6. The molecule has 7 nitrogen and oxygen atoms in total. The molecule has 2 aromatic heterocycles. The van der Waals surface area contributed by atoms with E-state index < -0.39 is 0 Å². The largest absolute Gasteiger partial charge is 0.292 e. The van der Waals surface area contributed by atoms with Crippen LogP contribution < -0.4 is 0 Å². The molecule has 19 heavy (non-hydrogen) atoms. The second-order valence-electron chi connectivity index (χ2n) is 4.28. The Bertz CT molecular complexity index is 757. The molecule has 0 spiro atoms. The molecule has 0 radical (unpaired) electrons. The number of nitrogens with zero attached hydrogens (tertiary/aromatic N) is 6. The van der Waals surface area contributed by atoms with E-state index in [1.807, 2.05) is 31.3 Å². The minimum Gasteiger partial charge on any atom is -0.292 e. The lowest BCUT2D eigenvalue weighted by Crippen LogP contribution is -2.07. The third-order valence-electron chi connectivity index (χ3n) is 2.89. The van der Waals surface area contributed by atoms with E-state index in [1.54, 1.807) is 11.7 Å². The fraction of sp³-hybridized carbons (Fsp3) is 0.250. The quantitative estimate of drug-likeness (QED) is 0.638. The highest BCUT2D eigenvalue weighted by molar-refractivity contribution is 6.06. The molecule has 0 fully saturated rings. The summed E-state index contributed by atoms with van der Waals surface area (Å²) in [7, 11) is 3.48. The van der Waals surface area contributed by atoms with Crippen LogP contribution in [-0.4, -0.2) is 35.8 Å². The van der Waals surface area contributed by atoms with E-state index >= 15 is 0 Å². The molecule has 3 rings (SSSR count). The van der Waals surface area contributed by atoms with Crippen molar-refractivity contribution in [1.82, 2.24) is 30.0 Å². The van der Waals surface area contributed by atoms with Crippen molar-refractivity contribution in [3.8, 4) is 0 Å². The predicted molar refractivity (Wildman–Crippen MR) is 67.5 cm³/mol. The number of carbonyl (C=O) groups excluding carboxylic acids is 1. The molecule has 0 amide bonds. The van der Waals surface area contributed by atoms with Gasteiger partial charge in [0.2, 0.25) is 0 Å².